The van der Waals surface area contributed by atoms with Gasteiger partial charge >= 0.3 is 0 Å². The highest BCUT2D eigenvalue weighted by Gasteiger charge is 2.42. The average molecular weight is 548 g/mol. The molecule has 0 aliphatic heterocycles. The molecule has 0 saturated carbocycles. The molecular formula is C33H45NO4Si. The van der Waals surface area contributed by atoms with Crippen LogP contribution in [0.25, 0.3) is 0 Å². The predicted molar refractivity (Wildman–Crippen MR) is 161 cm³/mol. The molecule has 0 spiro atoms. The number of carbonyl (C=O) groups excluding carboxylic acids is 1. The van der Waals surface area contributed by atoms with E-state index in [-0.39, 0.29) is 17.1 Å². The third kappa shape index (κ3) is 6.50. The van der Waals surface area contributed by atoms with Crippen LogP contribution in [0.4, 0.5) is 0 Å². The second-order valence-electron chi connectivity index (χ2n) is 12.6. The van der Waals surface area contributed by atoms with Crippen molar-refractivity contribution in [2.24, 2.45) is 11.8 Å². The smallest absolute Gasteiger partial charge is 0.192 e. The van der Waals surface area contributed by atoms with Gasteiger partial charge in [-0.2, -0.15) is 0 Å². The van der Waals surface area contributed by atoms with E-state index in [1.165, 1.54) is 11.1 Å². The van der Waals surface area contributed by atoms with Gasteiger partial charge in [-0.1, -0.05) is 45.0 Å². The van der Waals surface area contributed by atoms with Gasteiger partial charge in [-0.3, -0.25) is 4.79 Å². The number of aldehydes is 1. The lowest BCUT2D eigenvalue weighted by molar-refractivity contribution is 0.0904. The minimum Gasteiger partial charge on any atom is -0.496 e. The summed E-state index contributed by atoms with van der Waals surface area (Å²) < 4.78 is 21.1. The third-order valence-electron chi connectivity index (χ3n) is 8.89. The van der Waals surface area contributed by atoms with Gasteiger partial charge < -0.3 is 18.5 Å². The number of benzene rings is 2. The first-order chi connectivity index (χ1) is 18.5. The normalized spacial score (nSPS) is 15.6. The zero-order chi connectivity index (χ0) is 28.4. The number of carbonyl (C=O) groups is 1. The molecule has 1 heterocycles. The van der Waals surface area contributed by atoms with Gasteiger partial charge in [0.2, 0.25) is 0 Å². The Bertz CT molecular complexity index is 1240. The average Bonchev–Trinajstić information content (AvgIpc) is 3.52. The molecule has 0 N–H and O–H groups in total. The maximum absolute atomic E-state index is 11.5. The summed E-state index contributed by atoms with van der Waals surface area (Å²) in [5, 5.41) is 0.0520. The van der Waals surface area contributed by atoms with E-state index in [2.05, 4.69) is 74.8 Å². The van der Waals surface area contributed by atoms with Crippen molar-refractivity contribution in [1.82, 2.24) is 4.57 Å². The lowest BCUT2D eigenvalue weighted by Crippen LogP contribution is -2.43. The SMILES string of the molecule is COc1cc([C@@H](O[Si](C)(C)C(C)(C)C)[C@@H](CC2Cc3ccccc3C2)Cn2ccc(C=O)c2)cc(OC)c1C. The second-order valence-corrected chi connectivity index (χ2v) is 17.4. The standard InChI is InChI=1S/C33H45NO4Si/c1-23-30(36-5)18-28(19-31(23)37-6)32(38-39(7,8)33(2,3)4)29(21-34-14-13-24(20-34)22-35)17-25-15-26-11-9-10-12-27(26)16-25/h9-14,18-20,22,25,29,32H,15-17,21H2,1-8H3/t29-,32+/m0/s1. The summed E-state index contributed by atoms with van der Waals surface area (Å²) in [5.41, 5.74) is 5.70. The lowest BCUT2D eigenvalue weighted by atomic mass is 9.85. The fraction of sp³-hybridized carbons (Fsp3) is 0.485. The van der Waals surface area contributed by atoms with Crippen LogP contribution < -0.4 is 9.47 Å². The summed E-state index contributed by atoms with van der Waals surface area (Å²) in [7, 11) is 1.26. The van der Waals surface area contributed by atoms with Crippen molar-refractivity contribution in [2.45, 2.75) is 77.7 Å². The summed E-state index contributed by atoms with van der Waals surface area (Å²) in [6.07, 6.45) is 7.92. The van der Waals surface area contributed by atoms with Crippen molar-refractivity contribution < 1.29 is 18.7 Å². The van der Waals surface area contributed by atoms with E-state index in [0.29, 0.717) is 11.5 Å². The van der Waals surface area contributed by atoms with Gasteiger partial charge in [-0.25, -0.2) is 0 Å². The summed E-state index contributed by atoms with van der Waals surface area (Å²) in [6.45, 7) is 14.3. The fourth-order valence-electron chi connectivity index (χ4n) is 5.65. The molecule has 1 aliphatic carbocycles. The van der Waals surface area contributed by atoms with Crippen LogP contribution in [0.5, 0.6) is 11.5 Å². The summed E-state index contributed by atoms with van der Waals surface area (Å²) in [5.74, 6) is 2.34. The Hall–Kier alpha value is -2.83. The molecule has 1 aromatic heterocycles. The molecule has 39 heavy (non-hydrogen) atoms. The first-order valence-corrected chi connectivity index (χ1v) is 16.9. The van der Waals surface area contributed by atoms with Crippen LogP contribution in [0.15, 0.2) is 54.9 Å². The molecule has 3 aromatic rings. The highest BCUT2D eigenvalue weighted by molar-refractivity contribution is 6.74. The summed E-state index contributed by atoms with van der Waals surface area (Å²) >= 11 is 0. The Morgan fingerprint density at radius 3 is 2.10 bits per heavy atom. The molecule has 0 unspecified atom stereocenters. The zero-order valence-electron chi connectivity index (χ0n) is 24.9. The Morgan fingerprint density at radius 1 is 1.03 bits per heavy atom. The molecule has 0 fully saturated rings. The fourth-order valence-corrected chi connectivity index (χ4v) is 6.97. The van der Waals surface area contributed by atoms with E-state index < -0.39 is 8.32 Å². The van der Waals surface area contributed by atoms with E-state index in [1.807, 2.05) is 25.4 Å². The summed E-state index contributed by atoms with van der Waals surface area (Å²) in [6, 6.07) is 15.0. The van der Waals surface area contributed by atoms with Crippen LogP contribution in [0.3, 0.4) is 0 Å². The quantitative estimate of drug-likeness (QED) is 0.181. The predicted octanol–water partition coefficient (Wildman–Crippen LogP) is 7.81. The molecule has 210 valence electrons. The van der Waals surface area contributed by atoms with Gasteiger partial charge in [0.1, 0.15) is 11.5 Å². The monoisotopic (exact) mass is 547 g/mol. The number of nitrogens with zero attached hydrogens (tertiary/aromatic N) is 1. The minimum absolute atomic E-state index is 0.0520. The summed E-state index contributed by atoms with van der Waals surface area (Å²) in [4.78, 5) is 11.5. The molecule has 2 atom stereocenters. The van der Waals surface area contributed by atoms with Crippen molar-refractivity contribution in [2.75, 3.05) is 14.2 Å². The van der Waals surface area contributed by atoms with Crippen molar-refractivity contribution in [3.63, 3.8) is 0 Å². The molecule has 0 bridgehead atoms. The molecule has 0 radical (unpaired) electrons. The molecule has 1 aliphatic rings. The Balaban J connectivity index is 1.79. The van der Waals surface area contributed by atoms with Gasteiger partial charge in [-0.15, -0.1) is 0 Å². The number of hydrogen-bond donors (Lipinski definition) is 0. The highest BCUT2D eigenvalue weighted by atomic mass is 28.4. The van der Waals surface area contributed by atoms with Crippen LogP contribution in [-0.2, 0) is 23.8 Å². The zero-order valence-corrected chi connectivity index (χ0v) is 25.9. The third-order valence-corrected chi connectivity index (χ3v) is 13.3. The number of aromatic nitrogens is 1. The van der Waals surface area contributed by atoms with E-state index in [0.717, 1.165) is 54.7 Å². The van der Waals surface area contributed by atoms with E-state index >= 15 is 0 Å². The van der Waals surface area contributed by atoms with Crippen molar-refractivity contribution in [1.29, 1.82) is 0 Å². The van der Waals surface area contributed by atoms with Gasteiger partial charge in [-0.05, 0) is 85.1 Å². The van der Waals surface area contributed by atoms with Gasteiger partial charge in [0.15, 0.2) is 14.6 Å². The number of rotatable bonds is 11. The number of methoxy groups -OCH3 is 2. The van der Waals surface area contributed by atoms with Crippen LogP contribution in [-0.4, -0.2) is 33.4 Å². The van der Waals surface area contributed by atoms with Gasteiger partial charge in [0.05, 0.1) is 20.3 Å². The molecule has 0 amide bonds. The Morgan fingerprint density at radius 2 is 1.62 bits per heavy atom. The van der Waals surface area contributed by atoms with Crippen molar-refractivity contribution in [3.05, 3.63) is 82.7 Å². The van der Waals surface area contributed by atoms with E-state index in [4.69, 9.17) is 13.9 Å². The maximum atomic E-state index is 11.5. The first kappa shape index (κ1) is 29.2. The molecule has 0 saturated heterocycles. The van der Waals surface area contributed by atoms with Crippen molar-refractivity contribution >= 4 is 14.6 Å². The lowest BCUT2D eigenvalue weighted by Gasteiger charge is -2.42. The highest BCUT2D eigenvalue weighted by Crippen LogP contribution is 2.46. The topological polar surface area (TPSA) is 49.7 Å². The van der Waals surface area contributed by atoms with Gasteiger partial charge in [0, 0.05) is 36.0 Å². The minimum atomic E-state index is -2.17. The Labute approximate surface area is 235 Å². The van der Waals surface area contributed by atoms with Crippen LogP contribution in [0.1, 0.15) is 65.9 Å². The van der Waals surface area contributed by atoms with Crippen molar-refractivity contribution in [3.8, 4) is 11.5 Å². The second kappa shape index (κ2) is 11.7. The largest absolute Gasteiger partial charge is 0.496 e. The van der Waals surface area contributed by atoms with Crippen LogP contribution in [0, 0.1) is 18.8 Å². The first-order valence-electron chi connectivity index (χ1n) is 14.0. The van der Waals surface area contributed by atoms with Crippen LogP contribution in [0.2, 0.25) is 18.1 Å². The number of fused-ring (bicyclic) bond motifs is 1. The van der Waals surface area contributed by atoms with E-state index in [9.17, 15) is 4.79 Å². The Kier molecular flexibility index (Phi) is 8.77. The number of hydrogen-bond acceptors (Lipinski definition) is 4. The molecule has 2 aromatic carbocycles. The number of ether oxygens (including phenoxy) is 2. The molecule has 5 nitrogen and oxygen atoms in total. The molecule has 6 heteroatoms. The van der Waals surface area contributed by atoms with Gasteiger partial charge in [0.25, 0.3) is 0 Å². The maximum Gasteiger partial charge on any atom is 0.192 e. The molecular weight excluding hydrogens is 502 g/mol. The molecule has 4 rings (SSSR count). The van der Waals surface area contributed by atoms with Crippen LogP contribution >= 0.6 is 0 Å². The van der Waals surface area contributed by atoms with E-state index in [1.54, 1.807) is 14.2 Å².